The molecule has 0 saturated carbocycles. The molecule has 0 atom stereocenters. The minimum absolute atomic E-state index is 0. The Bertz CT molecular complexity index is 2770. The van der Waals surface area contributed by atoms with Crippen LogP contribution in [0, 0.1) is 23.3 Å². The van der Waals surface area contributed by atoms with Crippen LogP contribution >= 0.6 is 0 Å². The third-order valence-corrected chi connectivity index (χ3v) is 10.3. The predicted octanol–water partition coefficient (Wildman–Crippen LogP) is 7.62. The Balaban J connectivity index is 0.00000514. The van der Waals surface area contributed by atoms with Gasteiger partial charge in [0.25, 0.3) is 0 Å². The number of aryl methyl sites for hydroxylation is 4. The van der Waals surface area contributed by atoms with Gasteiger partial charge in [-0.15, -0.1) is 0 Å². The molecule has 9 rings (SSSR count). The number of fused-ring (bicyclic) bond motifs is 8. The van der Waals surface area contributed by atoms with Gasteiger partial charge in [0.1, 0.15) is 74.2 Å². The van der Waals surface area contributed by atoms with Crippen molar-refractivity contribution in [1.29, 1.82) is 0 Å². The van der Waals surface area contributed by atoms with Gasteiger partial charge in [-0.3, -0.25) is 0 Å². The van der Waals surface area contributed by atoms with E-state index in [1.807, 2.05) is 0 Å². The number of hydrogen-bond donors (Lipinski definition) is 0. The van der Waals surface area contributed by atoms with E-state index in [4.69, 9.17) is 0 Å². The van der Waals surface area contributed by atoms with Gasteiger partial charge in [-0.25, -0.2) is 63.4 Å². The van der Waals surface area contributed by atoms with Crippen LogP contribution in [-0.2, 0) is 45.3 Å². The van der Waals surface area contributed by atoms with Gasteiger partial charge >= 0.3 is 17.1 Å². The molecule has 0 saturated heterocycles. The first kappa shape index (κ1) is 40.9. The zero-order chi connectivity index (χ0) is 42.3. The summed E-state index contributed by atoms with van der Waals surface area (Å²) in [4.78, 5) is 17.1. The smallest absolute Gasteiger partial charge is 0.652 e. The monoisotopic (exact) mass is 875 g/mol. The number of halogens is 8. The van der Waals surface area contributed by atoms with E-state index in [-0.39, 0.29) is 39.3 Å². The molecule has 303 valence electrons. The van der Waals surface area contributed by atoms with E-state index in [0.717, 1.165) is 0 Å². The van der Waals surface area contributed by atoms with E-state index in [0.29, 0.717) is 0 Å². The average molecular weight is 876 g/mol. The Morgan fingerprint density at radius 1 is 0.344 bits per heavy atom. The van der Waals surface area contributed by atoms with Crippen LogP contribution in [-0.4, -0.2) is 9.97 Å². The Morgan fingerprint density at radius 2 is 0.525 bits per heavy atom. The van der Waals surface area contributed by atoms with E-state index < -0.39 is 114 Å². The van der Waals surface area contributed by atoms with E-state index in [9.17, 15) is 0 Å². The van der Waals surface area contributed by atoms with Crippen LogP contribution in [0.25, 0.3) is 89.9 Å². The van der Waals surface area contributed by atoms with Gasteiger partial charge in [-0.05, 0) is 44.5 Å². The molecule has 0 aliphatic carbocycles. The Morgan fingerprint density at radius 3 is 0.705 bits per heavy atom. The van der Waals surface area contributed by atoms with Crippen LogP contribution in [0.4, 0.5) is 35.1 Å². The van der Waals surface area contributed by atoms with Gasteiger partial charge < -0.3 is 9.97 Å². The Labute approximate surface area is 351 Å². The van der Waals surface area contributed by atoms with Crippen molar-refractivity contribution in [2.75, 3.05) is 0 Å². The minimum Gasteiger partial charge on any atom is -0.652 e. The van der Waals surface area contributed by atoms with Crippen LogP contribution in [0.5, 0.6) is 0 Å². The normalized spacial score (nSPS) is 12.7. The molecule has 61 heavy (non-hydrogen) atoms. The fraction of sp³-hybridized carbons (Fsp3) is 0.0909. The molecule has 0 spiro atoms. The molecule has 0 unspecified atom stereocenters. The molecule has 0 aromatic carbocycles. The van der Waals surface area contributed by atoms with Crippen molar-refractivity contribution in [2.24, 2.45) is 28.2 Å². The third-order valence-electron chi connectivity index (χ3n) is 10.3. The van der Waals surface area contributed by atoms with Gasteiger partial charge in [0.15, 0.2) is 72.9 Å². The molecule has 17 heteroatoms. The molecule has 0 fully saturated rings. The molecule has 7 aromatic heterocycles. The molecule has 9 heterocycles. The molecular weight excluding hydrogens is 847 g/mol. The van der Waals surface area contributed by atoms with Crippen LogP contribution < -0.4 is 28.2 Å². The van der Waals surface area contributed by atoms with Gasteiger partial charge in [-0.2, -0.15) is 0 Å². The summed E-state index contributed by atoms with van der Waals surface area (Å²) in [5, 5.41) is 0. The molecule has 7 aromatic rings. The van der Waals surface area contributed by atoms with Crippen LogP contribution in [0.15, 0.2) is 98.1 Å². The van der Waals surface area contributed by atoms with Gasteiger partial charge in [0.05, 0.1) is 0 Å². The molecule has 0 amide bonds. The summed E-state index contributed by atoms with van der Waals surface area (Å²) >= 11 is 0. The molecule has 2 aliphatic rings. The summed E-state index contributed by atoms with van der Waals surface area (Å²) in [5.41, 5.74) is -9.27. The molecule has 8 bridgehead atoms. The van der Waals surface area contributed by atoms with Gasteiger partial charge in [0, 0.05) is 48.5 Å². The van der Waals surface area contributed by atoms with E-state index in [1.165, 1.54) is 98.1 Å². The summed E-state index contributed by atoms with van der Waals surface area (Å²) in [6, 6.07) is 11.1. The summed E-state index contributed by atoms with van der Waals surface area (Å²) < 4.78 is 140. The first-order valence-electron chi connectivity index (χ1n) is 18.1. The minimum atomic E-state index is -1.66. The third kappa shape index (κ3) is 6.60. The molecular formula is C44H28F8MnN8+4. The number of rotatable bonds is 4. The standard InChI is InChI=1S/C44H28F8N8.Mn/c1-57-13-5-21(6-14-57)25-37-29(45)31(47)39(53-37)26(22-7-15-58(2)16-8-22)41-33(49)35(51)43(55-41)28(24-11-19-60(4)20-12-24)44-36(52)34(50)42(56-44)27(23-9-17-59(3)18-10-23)40-32(48)30(46)38(25)54-40;/h5-20H,1-4H3;/q2*+2. The maximum Gasteiger partial charge on any atom is 2.00 e. The van der Waals surface area contributed by atoms with Crippen LogP contribution in [0.3, 0.4) is 0 Å². The van der Waals surface area contributed by atoms with Crippen molar-refractivity contribution < 1.29 is 70.5 Å². The van der Waals surface area contributed by atoms with Crippen molar-refractivity contribution in [3.05, 3.63) is 144 Å². The van der Waals surface area contributed by atoms with Crippen molar-refractivity contribution in [3.63, 3.8) is 0 Å². The van der Waals surface area contributed by atoms with Crippen LogP contribution in [0.1, 0.15) is 22.8 Å². The number of nitrogens with zero attached hydrogens (tertiary/aromatic N) is 8. The number of hydrogen-bond acceptors (Lipinski definition) is 2. The molecule has 2 aliphatic heterocycles. The fourth-order valence-corrected chi connectivity index (χ4v) is 7.21. The molecule has 1 radical (unpaired) electrons. The number of pyridine rings is 4. The quantitative estimate of drug-likeness (QED) is 0.104. The van der Waals surface area contributed by atoms with Crippen LogP contribution in [0.2, 0.25) is 0 Å². The summed E-state index contributed by atoms with van der Waals surface area (Å²) in [7, 11) is 6.60. The Hall–Kier alpha value is -6.84. The fourth-order valence-electron chi connectivity index (χ4n) is 7.21. The second kappa shape index (κ2) is 15.3. The summed E-state index contributed by atoms with van der Waals surface area (Å²) in [6.07, 6.45) is 11.9. The molecule has 8 nitrogen and oxygen atoms in total. The predicted molar refractivity (Wildman–Crippen MR) is 203 cm³/mol. The van der Waals surface area contributed by atoms with Crippen molar-refractivity contribution >= 4 is 45.4 Å². The number of aromatic nitrogens is 8. The van der Waals surface area contributed by atoms with E-state index in [2.05, 4.69) is 19.9 Å². The molecule has 0 N–H and O–H groups in total. The SMILES string of the molecule is C[n+]1ccc(-c2c3nc(c(-c4cc[n+](C)cc4)c4[n-]c(c(F)c4F)c(-c4cc[n+](C)cc4)c4nc(c(-c5cc[n+](C)cc5)c5[n-]c2c(F)c5F)C(F)=C4F)C(F)=C3F)cc1.[Mn+2]. The Kier molecular flexibility index (Phi) is 10.3. The second-order valence-electron chi connectivity index (χ2n) is 14.3. The zero-order valence-electron chi connectivity index (χ0n) is 32.2. The van der Waals surface area contributed by atoms with Crippen molar-refractivity contribution in [1.82, 2.24) is 19.9 Å². The van der Waals surface area contributed by atoms with Crippen molar-refractivity contribution in [2.45, 2.75) is 0 Å². The van der Waals surface area contributed by atoms with Gasteiger partial charge in [0.2, 0.25) is 0 Å². The summed E-state index contributed by atoms with van der Waals surface area (Å²) in [5.74, 6) is -13.3. The maximum atomic E-state index is 16.7. The maximum absolute atomic E-state index is 16.7. The summed E-state index contributed by atoms with van der Waals surface area (Å²) in [6.45, 7) is 0. The first-order valence-corrected chi connectivity index (χ1v) is 18.1. The largest absolute Gasteiger partial charge is 2.00 e. The van der Waals surface area contributed by atoms with Crippen molar-refractivity contribution in [3.8, 4) is 44.5 Å². The van der Waals surface area contributed by atoms with E-state index >= 15 is 35.1 Å². The van der Waals surface area contributed by atoms with Gasteiger partial charge in [-0.1, -0.05) is 22.1 Å². The topological polar surface area (TPSA) is 69.5 Å². The average Bonchev–Trinajstić information content (AvgIpc) is 3.89. The second-order valence-corrected chi connectivity index (χ2v) is 14.3. The zero-order valence-corrected chi connectivity index (χ0v) is 33.4. The van der Waals surface area contributed by atoms with E-state index in [1.54, 1.807) is 46.5 Å². The first-order chi connectivity index (χ1) is 28.7.